The number of ketones is 2. The number of hydrogen-bond acceptors (Lipinski definition) is 4. The minimum atomic E-state index is -0.800. The highest BCUT2D eigenvalue weighted by molar-refractivity contribution is 6.25. The van der Waals surface area contributed by atoms with Gasteiger partial charge < -0.3 is 0 Å². The summed E-state index contributed by atoms with van der Waals surface area (Å²) in [4.78, 5) is 33.4. The molecule has 0 spiro atoms. The zero-order chi connectivity index (χ0) is 11.9. The Kier molecular flexibility index (Phi) is 2.16. The number of carbonyl (C=O) groups is 2. The van der Waals surface area contributed by atoms with Crippen molar-refractivity contribution < 1.29 is 14.5 Å². The summed E-state index contributed by atoms with van der Waals surface area (Å²) in [7, 11) is 0. The summed E-state index contributed by atoms with van der Waals surface area (Å²) in [6, 6.07) is 6.11. The van der Waals surface area contributed by atoms with E-state index in [-0.39, 0.29) is 16.7 Å². The zero-order valence-corrected chi connectivity index (χ0v) is 8.39. The van der Waals surface area contributed by atoms with E-state index in [4.69, 9.17) is 0 Å². The summed E-state index contributed by atoms with van der Waals surface area (Å²) in [5, 5.41) is 10.7. The Hall–Kier alpha value is -2.30. The van der Waals surface area contributed by atoms with Crippen LogP contribution < -0.4 is 0 Å². The highest BCUT2D eigenvalue weighted by atomic mass is 16.6. The smallest absolute Gasteiger partial charge is 0.289 e. The fourth-order valence-corrected chi connectivity index (χ4v) is 1.71. The third-order valence-electron chi connectivity index (χ3n) is 2.51. The molecule has 0 fully saturated rings. The van der Waals surface area contributed by atoms with Gasteiger partial charge in [0.1, 0.15) is 0 Å². The van der Waals surface area contributed by atoms with E-state index >= 15 is 0 Å². The van der Waals surface area contributed by atoms with E-state index in [9.17, 15) is 19.7 Å². The second-order valence-electron chi connectivity index (χ2n) is 3.43. The molecule has 0 unspecified atom stereocenters. The maximum absolute atomic E-state index is 11.8. The highest BCUT2D eigenvalue weighted by Gasteiger charge is 2.37. The standard InChI is InChI=1S/C11H7NO4/c1-6-9(12(15)16)11(14)8-5-3-2-4-7(8)10(6)13/h2-5H,1H3. The molecular formula is C11H7NO4. The van der Waals surface area contributed by atoms with Crippen molar-refractivity contribution in [3.05, 3.63) is 56.8 Å². The largest absolute Gasteiger partial charge is 0.323 e. The second-order valence-corrected chi connectivity index (χ2v) is 3.43. The number of carbonyl (C=O) groups excluding carboxylic acids is 2. The number of fused-ring (bicyclic) bond motifs is 1. The minimum Gasteiger partial charge on any atom is -0.289 e. The molecule has 0 heterocycles. The van der Waals surface area contributed by atoms with Crippen molar-refractivity contribution in [2.45, 2.75) is 6.92 Å². The predicted molar refractivity (Wildman–Crippen MR) is 54.8 cm³/mol. The second kappa shape index (κ2) is 3.37. The topological polar surface area (TPSA) is 77.3 Å². The molecule has 5 heteroatoms. The van der Waals surface area contributed by atoms with Gasteiger partial charge in [0, 0.05) is 11.1 Å². The molecule has 0 radical (unpaired) electrons. The van der Waals surface area contributed by atoms with Crippen LogP contribution in [0.25, 0.3) is 0 Å². The molecule has 80 valence electrons. The number of rotatable bonds is 1. The molecule has 0 aliphatic heterocycles. The van der Waals surface area contributed by atoms with Crippen LogP contribution in [0.3, 0.4) is 0 Å². The number of benzene rings is 1. The summed E-state index contributed by atoms with van der Waals surface area (Å²) in [5.74, 6) is -1.15. The van der Waals surface area contributed by atoms with Crippen molar-refractivity contribution in [3.8, 4) is 0 Å². The van der Waals surface area contributed by atoms with Gasteiger partial charge in [-0.3, -0.25) is 19.7 Å². The first kappa shape index (κ1) is 10.2. The maximum Gasteiger partial charge on any atom is 0.323 e. The summed E-state index contributed by atoms with van der Waals surface area (Å²) in [5.41, 5.74) is -0.391. The number of nitrogens with zero attached hydrogens (tertiary/aromatic N) is 1. The van der Waals surface area contributed by atoms with E-state index in [1.54, 1.807) is 12.1 Å². The summed E-state index contributed by atoms with van der Waals surface area (Å²) in [6.07, 6.45) is 0. The molecule has 2 rings (SSSR count). The first-order chi connectivity index (χ1) is 7.54. The zero-order valence-electron chi connectivity index (χ0n) is 8.39. The molecule has 1 aliphatic rings. The van der Waals surface area contributed by atoms with Crippen LogP contribution in [0.5, 0.6) is 0 Å². The number of Topliss-reactive ketones (excluding diaryl/α,β-unsaturated/α-hetero) is 2. The molecule has 0 N–H and O–H groups in total. The molecule has 5 nitrogen and oxygen atoms in total. The molecule has 1 aromatic carbocycles. The molecule has 0 amide bonds. The van der Waals surface area contributed by atoms with Gasteiger partial charge >= 0.3 is 5.70 Å². The summed E-state index contributed by atoms with van der Waals surface area (Å²) in [6.45, 7) is 1.30. The Morgan fingerprint density at radius 1 is 1.06 bits per heavy atom. The van der Waals surface area contributed by atoms with Crippen LogP contribution in [0.1, 0.15) is 27.6 Å². The molecule has 1 aromatic rings. The fourth-order valence-electron chi connectivity index (χ4n) is 1.71. The monoisotopic (exact) mass is 217 g/mol. The lowest BCUT2D eigenvalue weighted by Gasteiger charge is -2.12. The normalized spacial score (nSPS) is 15.1. The van der Waals surface area contributed by atoms with Crippen LogP contribution in [0.2, 0.25) is 0 Å². The highest BCUT2D eigenvalue weighted by Crippen LogP contribution is 2.25. The minimum absolute atomic E-state index is 0.102. The molecule has 1 aliphatic carbocycles. The van der Waals surface area contributed by atoms with Gasteiger partial charge in [0.25, 0.3) is 5.78 Å². The van der Waals surface area contributed by atoms with E-state index in [1.807, 2.05) is 0 Å². The van der Waals surface area contributed by atoms with Gasteiger partial charge in [0.15, 0.2) is 5.78 Å². The lowest BCUT2D eigenvalue weighted by Crippen LogP contribution is -2.24. The molecule has 0 saturated heterocycles. The van der Waals surface area contributed by atoms with Gasteiger partial charge in [-0.2, -0.15) is 0 Å². The Bertz CT molecular complexity index is 557. The number of hydrogen-bond donors (Lipinski definition) is 0. The molecule has 0 saturated carbocycles. The van der Waals surface area contributed by atoms with Gasteiger partial charge in [0.2, 0.25) is 0 Å². The van der Waals surface area contributed by atoms with E-state index < -0.39 is 22.2 Å². The van der Waals surface area contributed by atoms with Gasteiger partial charge in [-0.15, -0.1) is 0 Å². The molecule has 0 bridgehead atoms. The third kappa shape index (κ3) is 1.25. The van der Waals surface area contributed by atoms with Crippen LogP contribution in [0.15, 0.2) is 35.5 Å². The van der Waals surface area contributed by atoms with Crippen LogP contribution in [-0.2, 0) is 0 Å². The summed E-state index contributed by atoms with van der Waals surface area (Å²) < 4.78 is 0. The van der Waals surface area contributed by atoms with Crippen molar-refractivity contribution in [2.24, 2.45) is 0 Å². The third-order valence-corrected chi connectivity index (χ3v) is 2.51. The van der Waals surface area contributed by atoms with Gasteiger partial charge in [0.05, 0.1) is 10.5 Å². The van der Waals surface area contributed by atoms with Crippen LogP contribution in [-0.4, -0.2) is 16.5 Å². The Morgan fingerprint density at radius 2 is 1.56 bits per heavy atom. The first-order valence-corrected chi connectivity index (χ1v) is 4.57. The maximum atomic E-state index is 11.8. The van der Waals surface area contributed by atoms with E-state index in [1.165, 1.54) is 19.1 Å². The SMILES string of the molecule is CC1=C([N+](=O)[O-])C(=O)c2ccccc2C1=O. The van der Waals surface area contributed by atoms with Gasteiger partial charge in [-0.05, 0) is 6.92 Å². The van der Waals surface area contributed by atoms with Crippen molar-refractivity contribution in [2.75, 3.05) is 0 Å². The summed E-state index contributed by atoms with van der Waals surface area (Å²) >= 11 is 0. The van der Waals surface area contributed by atoms with Crippen LogP contribution in [0.4, 0.5) is 0 Å². The quantitative estimate of drug-likeness (QED) is 0.529. The van der Waals surface area contributed by atoms with Crippen molar-refractivity contribution in [3.63, 3.8) is 0 Å². The number of allylic oxidation sites excluding steroid dienone is 2. The van der Waals surface area contributed by atoms with E-state index in [0.29, 0.717) is 0 Å². The first-order valence-electron chi connectivity index (χ1n) is 4.57. The Morgan fingerprint density at radius 3 is 2.06 bits per heavy atom. The van der Waals surface area contributed by atoms with Gasteiger partial charge in [-0.25, -0.2) is 0 Å². The Balaban J connectivity index is 2.73. The average Bonchev–Trinajstić information content (AvgIpc) is 2.26. The fraction of sp³-hybridized carbons (Fsp3) is 0.0909. The molecule has 0 aromatic heterocycles. The molecule has 0 atom stereocenters. The van der Waals surface area contributed by atoms with Crippen molar-refractivity contribution in [1.29, 1.82) is 0 Å². The Labute approximate surface area is 90.5 Å². The lowest BCUT2D eigenvalue weighted by atomic mass is 9.88. The van der Waals surface area contributed by atoms with Crippen molar-refractivity contribution in [1.82, 2.24) is 0 Å². The average molecular weight is 217 g/mol. The van der Waals surface area contributed by atoms with Crippen LogP contribution >= 0.6 is 0 Å². The predicted octanol–water partition coefficient (Wildman–Crippen LogP) is 1.62. The van der Waals surface area contributed by atoms with E-state index in [0.717, 1.165) is 0 Å². The molecular weight excluding hydrogens is 210 g/mol. The lowest BCUT2D eigenvalue weighted by molar-refractivity contribution is -0.417. The van der Waals surface area contributed by atoms with Crippen molar-refractivity contribution >= 4 is 11.6 Å². The van der Waals surface area contributed by atoms with Gasteiger partial charge in [-0.1, -0.05) is 24.3 Å². The van der Waals surface area contributed by atoms with E-state index in [2.05, 4.69) is 0 Å². The molecule has 16 heavy (non-hydrogen) atoms. The number of nitro groups is 1. The van der Waals surface area contributed by atoms with Crippen LogP contribution in [0, 0.1) is 10.1 Å².